The first kappa shape index (κ1) is 12.7. The number of esters is 1. The third-order valence-electron chi connectivity index (χ3n) is 2.64. The first-order chi connectivity index (χ1) is 8.63. The molecule has 0 saturated heterocycles. The van der Waals surface area contributed by atoms with Crippen molar-refractivity contribution in [3.63, 3.8) is 0 Å². The molecule has 0 bridgehead atoms. The number of hydrogen-bond acceptors (Lipinski definition) is 5. The number of ether oxygens (including phenoxy) is 1. The first-order valence-electron chi connectivity index (χ1n) is 5.51. The summed E-state index contributed by atoms with van der Waals surface area (Å²) in [4.78, 5) is 16.4. The SMILES string of the molecule is COC(=O)c1ncsc1-c1ccc([C@@H](C)N)cc1. The van der Waals surface area contributed by atoms with Gasteiger partial charge in [-0.15, -0.1) is 11.3 Å². The number of nitrogens with zero attached hydrogens (tertiary/aromatic N) is 1. The Bertz CT molecular complexity index is 546. The molecule has 4 nitrogen and oxygen atoms in total. The van der Waals surface area contributed by atoms with Gasteiger partial charge < -0.3 is 10.5 Å². The number of carbonyl (C=O) groups is 1. The summed E-state index contributed by atoms with van der Waals surface area (Å²) in [7, 11) is 1.35. The predicted octanol–water partition coefficient (Wildman–Crippen LogP) is 2.62. The topological polar surface area (TPSA) is 65.2 Å². The second-order valence-corrected chi connectivity index (χ2v) is 4.79. The highest BCUT2D eigenvalue weighted by Gasteiger charge is 2.16. The van der Waals surface area contributed by atoms with Crippen molar-refractivity contribution >= 4 is 17.3 Å². The van der Waals surface area contributed by atoms with Gasteiger partial charge in [-0.2, -0.15) is 0 Å². The lowest BCUT2D eigenvalue weighted by Crippen LogP contribution is -2.05. The number of nitrogens with two attached hydrogens (primary N) is 1. The Labute approximate surface area is 109 Å². The third kappa shape index (κ3) is 2.42. The van der Waals surface area contributed by atoms with E-state index in [4.69, 9.17) is 10.5 Å². The monoisotopic (exact) mass is 262 g/mol. The van der Waals surface area contributed by atoms with Crippen molar-refractivity contribution in [1.29, 1.82) is 0 Å². The van der Waals surface area contributed by atoms with Gasteiger partial charge in [0.1, 0.15) is 0 Å². The van der Waals surface area contributed by atoms with Crippen molar-refractivity contribution < 1.29 is 9.53 Å². The van der Waals surface area contributed by atoms with Crippen LogP contribution in [-0.2, 0) is 4.74 Å². The quantitative estimate of drug-likeness (QED) is 0.863. The lowest BCUT2D eigenvalue weighted by atomic mass is 10.1. The second-order valence-electron chi connectivity index (χ2n) is 3.93. The number of methoxy groups -OCH3 is 1. The van der Waals surface area contributed by atoms with E-state index in [1.807, 2.05) is 31.2 Å². The minimum Gasteiger partial charge on any atom is -0.464 e. The van der Waals surface area contributed by atoms with Gasteiger partial charge in [0.2, 0.25) is 0 Å². The van der Waals surface area contributed by atoms with E-state index in [2.05, 4.69) is 4.98 Å². The second kappa shape index (κ2) is 5.29. The predicted molar refractivity (Wildman–Crippen MR) is 71.5 cm³/mol. The normalized spacial score (nSPS) is 12.2. The fourth-order valence-corrected chi connectivity index (χ4v) is 2.41. The van der Waals surface area contributed by atoms with E-state index < -0.39 is 5.97 Å². The maximum absolute atomic E-state index is 11.5. The lowest BCUT2D eigenvalue weighted by molar-refractivity contribution is 0.0596. The maximum atomic E-state index is 11.5. The molecule has 1 aromatic heterocycles. The molecular weight excluding hydrogens is 248 g/mol. The molecule has 0 aliphatic rings. The zero-order chi connectivity index (χ0) is 13.1. The van der Waals surface area contributed by atoms with Crippen LogP contribution in [0.3, 0.4) is 0 Å². The molecule has 0 fully saturated rings. The largest absolute Gasteiger partial charge is 0.464 e. The third-order valence-corrected chi connectivity index (χ3v) is 3.52. The summed E-state index contributed by atoms with van der Waals surface area (Å²) in [6.45, 7) is 1.93. The van der Waals surface area contributed by atoms with E-state index in [9.17, 15) is 4.79 Å². The van der Waals surface area contributed by atoms with E-state index in [1.54, 1.807) is 5.51 Å². The van der Waals surface area contributed by atoms with Crippen LogP contribution in [0.4, 0.5) is 0 Å². The Balaban J connectivity index is 2.37. The van der Waals surface area contributed by atoms with Gasteiger partial charge in [0.15, 0.2) is 5.69 Å². The molecule has 1 aromatic carbocycles. The molecule has 0 amide bonds. The molecule has 2 aromatic rings. The van der Waals surface area contributed by atoms with Gasteiger partial charge in [-0.3, -0.25) is 0 Å². The van der Waals surface area contributed by atoms with Gasteiger partial charge in [0, 0.05) is 6.04 Å². The summed E-state index contributed by atoms with van der Waals surface area (Å²) < 4.78 is 4.70. The van der Waals surface area contributed by atoms with Crippen molar-refractivity contribution in [3.8, 4) is 10.4 Å². The highest BCUT2D eigenvalue weighted by Crippen LogP contribution is 2.28. The number of hydrogen-bond donors (Lipinski definition) is 1. The van der Waals surface area contributed by atoms with Crippen molar-refractivity contribution in [2.75, 3.05) is 7.11 Å². The molecule has 0 aliphatic heterocycles. The average Bonchev–Trinajstić information content (AvgIpc) is 2.87. The Hall–Kier alpha value is -1.72. The molecule has 94 valence electrons. The number of carbonyl (C=O) groups excluding carboxylic acids is 1. The van der Waals surface area contributed by atoms with Crippen molar-refractivity contribution in [2.45, 2.75) is 13.0 Å². The lowest BCUT2D eigenvalue weighted by Gasteiger charge is -2.06. The fraction of sp³-hybridized carbons (Fsp3) is 0.231. The summed E-state index contributed by atoms with van der Waals surface area (Å²) in [5, 5.41) is 0. The van der Waals surface area contributed by atoms with Crippen LogP contribution in [0.2, 0.25) is 0 Å². The Morgan fingerprint density at radius 2 is 2.06 bits per heavy atom. The van der Waals surface area contributed by atoms with Crippen LogP contribution in [-0.4, -0.2) is 18.1 Å². The van der Waals surface area contributed by atoms with Crippen LogP contribution in [0.5, 0.6) is 0 Å². The molecule has 0 radical (unpaired) electrons. The van der Waals surface area contributed by atoms with Gasteiger partial charge in [-0.05, 0) is 18.1 Å². The summed E-state index contributed by atoms with van der Waals surface area (Å²) in [5.74, 6) is -0.414. The first-order valence-corrected chi connectivity index (χ1v) is 6.39. The molecule has 0 saturated carbocycles. The molecule has 1 heterocycles. The summed E-state index contributed by atoms with van der Waals surface area (Å²) in [6.07, 6.45) is 0. The molecule has 0 unspecified atom stereocenters. The standard InChI is InChI=1S/C13H14N2O2S/c1-8(14)9-3-5-10(6-4-9)12-11(13(16)17-2)15-7-18-12/h3-8H,14H2,1-2H3/t8-/m1/s1. The van der Waals surface area contributed by atoms with Crippen LogP contribution in [0, 0.1) is 0 Å². The zero-order valence-electron chi connectivity index (χ0n) is 10.2. The average molecular weight is 262 g/mol. The number of benzene rings is 1. The Kier molecular flexibility index (Phi) is 3.74. The van der Waals surface area contributed by atoms with Gasteiger partial charge in [-0.25, -0.2) is 9.78 Å². The highest BCUT2D eigenvalue weighted by atomic mass is 32.1. The van der Waals surface area contributed by atoms with Crippen LogP contribution >= 0.6 is 11.3 Å². The van der Waals surface area contributed by atoms with E-state index in [-0.39, 0.29) is 6.04 Å². The zero-order valence-corrected chi connectivity index (χ0v) is 11.0. The molecule has 1 atom stereocenters. The Morgan fingerprint density at radius 1 is 1.39 bits per heavy atom. The number of rotatable bonds is 3. The van der Waals surface area contributed by atoms with Crippen LogP contribution in [0.25, 0.3) is 10.4 Å². The van der Waals surface area contributed by atoms with Crippen LogP contribution in [0.15, 0.2) is 29.8 Å². The molecule has 0 aliphatic carbocycles. The van der Waals surface area contributed by atoms with Crippen LogP contribution in [0.1, 0.15) is 29.0 Å². The van der Waals surface area contributed by atoms with Gasteiger partial charge in [0.25, 0.3) is 0 Å². The van der Waals surface area contributed by atoms with Crippen molar-refractivity contribution in [1.82, 2.24) is 4.98 Å². The van der Waals surface area contributed by atoms with E-state index >= 15 is 0 Å². The van der Waals surface area contributed by atoms with Gasteiger partial charge >= 0.3 is 5.97 Å². The van der Waals surface area contributed by atoms with Gasteiger partial charge in [0.05, 0.1) is 17.5 Å². The molecule has 2 rings (SSSR count). The van der Waals surface area contributed by atoms with E-state index in [1.165, 1.54) is 18.4 Å². The van der Waals surface area contributed by atoms with E-state index in [0.717, 1.165) is 16.0 Å². The van der Waals surface area contributed by atoms with Crippen molar-refractivity contribution in [2.24, 2.45) is 5.73 Å². The summed E-state index contributed by atoms with van der Waals surface area (Å²) >= 11 is 1.42. The molecular formula is C13H14N2O2S. The van der Waals surface area contributed by atoms with Gasteiger partial charge in [-0.1, -0.05) is 24.3 Å². The maximum Gasteiger partial charge on any atom is 0.358 e. The van der Waals surface area contributed by atoms with E-state index in [0.29, 0.717) is 5.69 Å². The molecule has 18 heavy (non-hydrogen) atoms. The summed E-state index contributed by atoms with van der Waals surface area (Å²) in [6, 6.07) is 7.80. The number of thiazole rings is 1. The summed E-state index contributed by atoms with van der Waals surface area (Å²) in [5.41, 5.74) is 9.80. The molecule has 0 spiro atoms. The minimum absolute atomic E-state index is 0.000545. The van der Waals surface area contributed by atoms with Crippen LogP contribution < -0.4 is 5.73 Å². The smallest absolute Gasteiger partial charge is 0.358 e. The highest BCUT2D eigenvalue weighted by molar-refractivity contribution is 7.13. The van der Waals surface area contributed by atoms with Crippen molar-refractivity contribution in [3.05, 3.63) is 41.0 Å². The number of aromatic nitrogens is 1. The Morgan fingerprint density at radius 3 is 2.61 bits per heavy atom. The molecule has 5 heteroatoms. The minimum atomic E-state index is -0.414. The molecule has 2 N–H and O–H groups in total. The fourth-order valence-electron chi connectivity index (χ4n) is 1.63.